The summed E-state index contributed by atoms with van der Waals surface area (Å²) in [4.78, 5) is 2.42. The van der Waals surface area contributed by atoms with E-state index in [2.05, 4.69) is 0 Å². The van der Waals surface area contributed by atoms with E-state index >= 15 is 0 Å². The van der Waals surface area contributed by atoms with Crippen LogP contribution in [0.4, 0.5) is 0 Å². The number of benzene rings is 1. The zero-order valence-electron chi connectivity index (χ0n) is 9.27. The number of hydrogen-bond donors (Lipinski definition) is 1. The molecule has 2 rings (SSSR count). The van der Waals surface area contributed by atoms with E-state index in [-0.39, 0.29) is 12.8 Å². The van der Waals surface area contributed by atoms with Crippen molar-refractivity contribution >= 4 is 17.2 Å². The van der Waals surface area contributed by atoms with E-state index < -0.39 is 0 Å². The minimum Gasteiger partial charge on any atom is -0.454 e. The summed E-state index contributed by atoms with van der Waals surface area (Å²) >= 11 is 5.07. The van der Waals surface area contributed by atoms with Gasteiger partial charge in [-0.05, 0) is 31.8 Å². The Kier molecular flexibility index (Phi) is 2.98. The van der Waals surface area contributed by atoms with Crippen molar-refractivity contribution < 1.29 is 9.47 Å². The van der Waals surface area contributed by atoms with Crippen LogP contribution >= 0.6 is 12.2 Å². The minimum absolute atomic E-state index is 0.0792. The lowest BCUT2D eigenvalue weighted by Crippen LogP contribution is -2.31. The van der Waals surface area contributed by atoms with Crippen LogP contribution in [-0.2, 0) is 0 Å². The molecule has 0 fully saturated rings. The molecule has 1 unspecified atom stereocenters. The lowest BCUT2D eigenvalue weighted by molar-refractivity contribution is 0.174. The van der Waals surface area contributed by atoms with Crippen molar-refractivity contribution in [3.05, 3.63) is 23.8 Å². The summed E-state index contributed by atoms with van der Waals surface area (Å²) in [5, 5.41) is 0. The van der Waals surface area contributed by atoms with Crippen LogP contribution in [0.15, 0.2) is 18.2 Å². The summed E-state index contributed by atoms with van der Waals surface area (Å²) in [7, 11) is 3.88. The molecular weight excluding hydrogens is 224 g/mol. The second-order valence-electron chi connectivity index (χ2n) is 3.88. The van der Waals surface area contributed by atoms with Gasteiger partial charge in [-0.1, -0.05) is 18.3 Å². The van der Waals surface area contributed by atoms with Crippen LogP contribution in [0.2, 0.25) is 0 Å². The number of likely N-dealkylation sites (N-methyl/N-ethyl adjacent to an activating group) is 1. The number of nitrogens with two attached hydrogens (primary N) is 1. The normalized spacial score (nSPS) is 15.2. The van der Waals surface area contributed by atoms with Gasteiger partial charge in [0.2, 0.25) is 6.79 Å². The van der Waals surface area contributed by atoms with Gasteiger partial charge >= 0.3 is 0 Å². The van der Waals surface area contributed by atoms with Crippen molar-refractivity contribution in [2.45, 2.75) is 6.04 Å². The second-order valence-corrected chi connectivity index (χ2v) is 4.35. The lowest BCUT2D eigenvalue weighted by atomic mass is 10.1. The predicted octanol–water partition coefficient (Wildman–Crippen LogP) is 1.30. The third-order valence-electron chi connectivity index (χ3n) is 2.50. The molecule has 86 valence electrons. The van der Waals surface area contributed by atoms with E-state index in [1.807, 2.05) is 37.2 Å². The quantitative estimate of drug-likeness (QED) is 0.804. The fraction of sp³-hybridized carbons (Fsp3) is 0.364. The van der Waals surface area contributed by atoms with Gasteiger partial charge in [-0.25, -0.2) is 0 Å². The first kappa shape index (κ1) is 11.2. The fourth-order valence-electron chi connectivity index (χ4n) is 1.80. The van der Waals surface area contributed by atoms with Crippen molar-refractivity contribution in [2.24, 2.45) is 5.73 Å². The number of thiocarbonyl (C=S) groups is 1. The molecule has 0 spiro atoms. The molecule has 16 heavy (non-hydrogen) atoms. The Labute approximate surface area is 99.9 Å². The van der Waals surface area contributed by atoms with E-state index in [1.54, 1.807) is 0 Å². The predicted molar refractivity (Wildman–Crippen MR) is 65.8 cm³/mol. The lowest BCUT2D eigenvalue weighted by Gasteiger charge is -2.23. The third-order valence-corrected chi connectivity index (χ3v) is 2.72. The summed E-state index contributed by atoms with van der Waals surface area (Å²) in [6.45, 7) is 0.276. The Morgan fingerprint density at radius 1 is 1.38 bits per heavy atom. The molecule has 1 aliphatic rings. The van der Waals surface area contributed by atoms with Crippen LogP contribution < -0.4 is 15.2 Å². The van der Waals surface area contributed by atoms with Crippen molar-refractivity contribution in [3.8, 4) is 11.5 Å². The Morgan fingerprint density at radius 3 is 2.69 bits per heavy atom. The van der Waals surface area contributed by atoms with E-state index in [0.717, 1.165) is 17.1 Å². The van der Waals surface area contributed by atoms with E-state index in [0.29, 0.717) is 4.99 Å². The maximum absolute atomic E-state index is 5.73. The van der Waals surface area contributed by atoms with Gasteiger partial charge in [0.15, 0.2) is 11.5 Å². The molecule has 0 bridgehead atoms. The number of hydrogen-bond acceptors (Lipinski definition) is 4. The number of ether oxygens (including phenoxy) is 2. The van der Waals surface area contributed by atoms with Gasteiger partial charge in [0.05, 0.1) is 11.0 Å². The highest BCUT2D eigenvalue weighted by molar-refractivity contribution is 7.80. The summed E-state index contributed by atoms with van der Waals surface area (Å²) in [6, 6.07) is 5.68. The van der Waals surface area contributed by atoms with E-state index in [1.165, 1.54) is 0 Å². The standard InChI is InChI=1S/C11H14N2O2S/c1-13(2)10(11(12)16)7-3-4-8-9(5-7)15-6-14-8/h3-5,10H,6H2,1-2H3,(H2,12,16). The summed E-state index contributed by atoms with van der Waals surface area (Å²) < 4.78 is 10.6. The van der Waals surface area contributed by atoms with Crippen molar-refractivity contribution in [1.29, 1.82) is 0 Å². The molecule has 0 saturated heterocycles. The van der Waals surface area contributed by atoms with Crippen LogP contribution in [0.25, 0.3) is 0 Å². The molecule has 1 atom stereocenters. The molecule has 0 radical (unpaired) electrons. The van der Waals surface area contributed by atoms with Crippen LogP contribution in [0, 0.1) is 0 Å². The molecule has 1 aliphatic heterocycles. The van der Waals surface area contributed by atoms with Crippen LogP contribution in [0.3, 0.4) is 0 Å². The topological polar surface area (TPSA) is 47.7 Å². The van der Waals surface area contributed by atoms with Crippen molar-refractivity contribution in [2.75, 3.05) is 20.9 Å². The largest absolute Gasteiger partial charge is 0.454 e. The molecule has 1 aromatic carbocycles. The fourth-order valence-corrected chi connectivity index (χ4v) is 2.15. The average Bonchev–Trinajstić information content (AvgIpc) is 2.63. The SMILES string of the molecule is CN(C)C(C(N)=S)c1ccc2c(c1)OCO2. The summed E-state index contributed by atoms with van der Waals surface area (Å²) in [6.07, 6.45) is 0. The molecule has 5 heteroatoms. The molecule has 2 N–H and O–H groups in total. The first-order valence-corrected chi connectivity index (χ1v) is 5.35. The molecule has 0 aliphatic carbocycles. The number of rotatable bonds is 3. The van der Waals surface area contributed by atoms with Crippen molar-refractivity contribution in [3.63, 3.8) is 0 Å². The highest BCUT2D eigenvalue weighted by atomic mass is 32.1. The maximum atomic E-state index is 5.73. The number of fused-ring (bicyclic) bond motifs is 1. The zero-order chi connectivity index (χ0) is 11.7. The van der Waals surface area contributed by atoms with Gasteiger partial charge in [-0.15, -0.1) is 0 Å². The Bertz CT molecular complexity index is 420. The molecular formula is C11H14N2O2S. The van der Waals surface area contributed by atoms with Gasteiger partial charge in [0.25, 0.3) is 0 Å². The van der Waals surface area contributed by atoms with Gasteiger partial charge in [-0.2, -0.15) is 0 Å². The van der Waals surface area contributed by atoms with Crippen LogP contribution in [0.1, 0.15) is 11.6 Å². The minimum atomic E-state index is -0.0792. The van der Waals surface area contributed by atoms with Gasteiger partial charge in [-0.3, -0.25) is 4.90 Å². The van der Waals surface area contributed by atoms with E-state index in [9.17, 15) is 0 Å². The Hall–Kier alpha value is -1.33. The summed E-state index contributed by atoms with van der Waals surface area (Å²) in [5.41, 5.74) is 6.75. The summed E-state index contributed by atoms with van der Waals surface area (Å²) in [5.74, 6) is 1.52. The Balaban J connectivity index is 2.35. The Morgan fingerprint density at radius 2 is 2.06 bits per heavy atom. The average molecular weight is 238 g/mol. The molecule has 1 heterocycles. The van der Waals surface area contributed by atoms with Crippen molar-refractivity contribution in [1.82, 2.24) is 4.90 Å². The van der Waals surface area contributed by atoms with Gasteiger partial charge in [0, 0.05) is 0 Å². The van der Waals surface area contributed by atoms with Crippen LogP contribution in [-0.4, -0.2) is 30.8 Å². The smallest absolute Gasteiger partial charge is 0.231 e. The monoisotopic (exact) mass is 238 g/mol. The van der Waals surface area contributed by atoms with Crippen LogP contribution in [0.5, 0.6) is 11.5 Å². The first-order valence-electron chi connectivity index (χ1n) is 4.95. The molecule has 1 aromatic rings. The molecule has 0 saturated carbocycles. The molecule has 4 nitrogen and oxygen atoms in total. The third kappa shape index (κ3) is 1.96. The molecule has 0 amide bonds. The maximum Gasteiger partial charge on any atom is 0.231 e. The van der Waals surface area contributed by atoms with Gasteiger partial charge in [0.1, 0.15) is 0 Å². The van der Waals surface area contributed by atoms with Gasteiger partial charge < -0.3 is 15.2 Å². The van der Waals surface area contributed by atoms with E-state index in [4.69, 9.17) is 27.4 Å². The first-order chi connectivity index (χ1) is 7.59. The highest BCUT2D eigenvalue weighted by Gasteiger charge is 2.21. The highest BCUT2D eigenvalue weighted by Crippen LogP contribution is 2.35. The number of nitrogens with zero attached hydrogens (tertiary/aromatic N) is 1. The molecule has 0 aromatic heterocycles. The second kappa shape index (κ2) is 4.27. The zero-order valence-corrected chi connectivity index (χ0v) is 10.1.